The van der Waals surface area contributed by atoms with Gasteiger partial charge in [0.25, 0.3) is 0 Å². The first-order chi connectivity index (χ1) is 11.5. The van der Waals surface area contributed by atoms with Gasteiger partial charge in [0.2, 0.25) is 5.91 Å². The quantitative estimate of drug-likeness (QED) is 0.725. The van der Waals surface area contributed by atoms with E-state index in [4.69, 9.17) is 10.5 Å². The molecule has 0 radical (unpaired) electrons. The number of hydrogen-bond acceptors (Lipinski definition) is 4. The summed E-state index contributed by atoms with van der Waals surface area (Å²) in [4.78, 5) is 24.8. The molecule has 140 valence electrons. The van der Waals surface area contributed by atoms with E-state index in [0.29, 0.717) is 6.54 Å². The van der Waals surface area contributed by atoms with Crippen LogP contribution >= 0.6 is 12.4 Å². The summed E-state index contributed by atoms with van der Waals surface area (Å²) < 4.78 is 5.24. The van der Waals surface area contributed by atoms with E-state index in [2.05, 4.69) is 5.32 Å². The summed E-state index contributed by atoms with van der Waals surface area (Å²) in [6.45, 7) is 4.17. The highest BCUT2D eigenvalue weighted by Crippen LogP contribution is 2.32. The third-order valence-corrected chi connectivity index (χ3v) is 4.55. The highest BCUT2D eigenvalue weighted by Gasteiger charge is 2.33. The maximum absolute atomic E-state index is 12.7. The van der Waals surface area contributed by atoms with Crippen LogP contribution in [0.25, 0.3) is 0 Å². The topological polar surface area (TPSA) is 81.4 Å². The molecule has 0 saturated heterocycles. The van der Waals surface area contributed by atoms with Crippen molar-refractivity contribution in [2.75, 3.05) is 6.54 Å². The molecule has 2 rings (SSSR count). The van der Waals surface area contributed by atoms with E-state index in [1.807, 2.05) is 44.2 Å². The fourth-order valence-electron chi connectivity index (χ4n) is 3.36. The van der Waals surface area contributed by atoms with Crippen molar-refractivity contribution in [3.05, 3.63) is 35.9 Å². The standard InChI is InChI=1S/C19H28N2O3.ClH/c1-13(2)24-18(22)11-17(14-7-4-3-5-8-14)21-19(23)16-10-6-9-15(16)12-20;/h3-5,7-8,13,15-17H,6,9-12,20H2,1-2H3,(H,21,23);1H/t15-,16-,17?;/m1./s1. The lowest BCUT2D eigenvalue weighted by Crippen LogP contribution is -2.38. The van der Waals surface area contributed by atoms with E-state index in [9.17, 15) is 9.59 Å². The van der Waals surface area contributed by atoms with E-state index in [-0.39, 0.29) is 54.7 Å². The number of carbonyl (C=O) groups excluding carboxylic acids is 2. The zero-order valence-electron chi connectivity index (χ0n) is 14.9. The molecule has 0 spiro atoms. The lowest BCUT2D eigenvalue weighted by atomic mass is 9.94. The normalized spacial score (nSPS) is 20.6. The smallest absolute Gasteiger partial charge is 0.308 e. The minimum Gasteiger partial charge on any atom is -0.463 e. The van der Waals surface area contributed by atoms with E-state index >= 15 is 0 Å². The van der Waals surface area contributed by atoms with Crippen LogP contribution in [0.2, 0.25) is 0 Å². The molecule has 1 aromatic carbocycles. The van der Waals surface area contributed by atoms with Crippen molar-refractivity contribution in [1.29, 1.82) is 0 Å². The molecule has 1 aliphatic carbocycles. The van der Waals surface area contributed by atoms with Crippen LogP contribution in [0.1, 0.15) is 51.1 Å². The van der Waals surface area contributed by atoms with Gasteiger partial charge in [-0.15, -0.1) is 12.4 Å². The van der Waals surface area contributed by atoms with E-state index in [0.717, 1.165) is 24.8 Å². The molecule has 5 nitrogen and oxygen atoms in total. The first-order valence-electron chi connectivity index (χ1n) is 8.76. The molecule has 0 heterocycles. The molecule has 1 aliphatic rings. The number of nitrogens with two attached hydrogens (primary N) is 1. The monoisotopic (exact) mass is 368 g/mol. The molecule has 1 unspecified atom stereocenters. The van der Waals surface area contributed by atoms with Gasteiger partial charge in [0.05, 0.1) is 18.6 Å². The molecule has 1 saturated carbocycles. The molecule has 3 N–H and O–H groups in total. The second kappa shape index (κ2) is 10.4. The zero-order valence-corrected chi connectivity index (χ0v) is 15.8. The van der Waals surface area contributed by atoms with Crippen molar-refractivity contribution < 1.29 is 14.3 Å². The Morgan fingerprint density at radius 1 is 1.24 bits per heavy atom. The number of nitrogens with one attached hydrogen (secondary N) is 1. The summed E-state index contributed by atoms with van der Waals surface area (Å²) in [6.07, 6.45) is 2.87. The number of amides is 1. The van der Waals surface area contributed by atoms with Gasteiger partial charge in [-0.3, -0.25) is 9.59 Å². The number of benzene rings is 1. The number of rotatable bonds is 7. The van der Waals surface area contributed by atoms with E-state index in [1.165, 1.54) is 0 Å². The van der Waals surface area contributed by atoms with E-state index in [1.54, 1.807) is 0 Å². The largest absolute Gasteiger partial charge is 0.463 e. The molecule has 0 aliphatic heterocycles. The number of carbonyl (C=O) groups is 2. The maximum atomic E-state index is 12.7. The van der Waals surface area contributed by atoms with Gasteiger partial charge in [-0.2, -0.15) is 0 Å². The fourth-order valence-corrected chi connectivity index (χ4v) is 3.36. The Hall–Kier alpha value is -1.59. The summed E-state index contributed by atoms with van der Waals surface area (Å²) in [5.74, 6) is -0.124. The van der Waals surface area contributed by atoms with Crippen LogP contribution in [0.15, 0.2) is 30.3 Å². The van der Waals surface area contributed by atoms with Crippen molar-refractivity contribution in [3.63, 3.8) is 0 Å². The Balaban J connectivity index is 0.00000312. The molecule has 1 fully saturated rings. The van der Waals surface area contributed by atoms with Gasteiger partial charge in [0.15, 0.2) is 0 Å². The molecule has 0 aromatic heterocycles. The molecule has 0 bridgehead atoms. The third kappa shape index (κ3) is 6.33. The molecule has 1 aromatic rings. The predicted octanol–water partition coefficient (Wildman–Crippen LogP) is 2.98. The van der Waals surface area contributed by atoms with Crippen LogP contribution in [-0.4, -0.2) is 24.5 Å². The number of ether oxygens (including phenoxy) is 1. The highest BCUT2D eigenvalue weighted by molar-refractivity contribution is 5.85. The van der Waals surface area contributed by atoms with Crippen molar-refractivity contribution in [1.82, 2.24) is 5.32 Å². The van der Waals surface area contributed by atoms with Crippen molar-refractivity contribution in [2.24, 2.45) is 17.6 Å². The first kappa shape index (κ1) is 21.5. The number of hydrogen-bond donors (Lipinski definition) is 2. The van der Waals surface area contributed by atoms with E-state index < -0.39 is 0 Å². The SMILES string of the molecule is CC(C)OC(=O)CC(NC(=O)[C@@H]1CCC[C@@H]1CN)c1ccccc1.Cl. The lowest BCUT2D eigenvalue weighted by Gasteiger charge is -2.23. The van der Waals surface area contributed by atoms with Gasteiger partial charge in [-0.25, -0.2) is 0 Å². The predicted molar refractivity (Wildman–Crippen MR) is 100 cm³/mol. The average molecular weight is 369 g/mol. The summed E-state index contributed by atoms with van der Waals surface area (Å²) in [7, 11) is 0. The Morgan fingerprint density at radius 3 is 2.52 bits per heavy atom. The Kier molecular flexibility index (Phi) is 8.93. The Morgan fingerprint density at radius 2 is 1.92 bits per heavy atom. The lowest BCUT2D eigenvalue weighted by molar-refractivity contribution is -0.148. The zero-order chi connectivity index (χ0) is 17.5. The van der Waals surface area contributed by atoms with Crippen LogP contribution in [-0.2, 0) is 14.3 Å². The van der Waals surface area contributed by atoms with Crippen LogP contribution in [0.5, 0.6) is 0 Å². The Bertz CT molecular complexity index is 551. The molecule has 1 amide bonds. The highest BCUT2D eigenvalue weighted by atomic mass is 35.5. The summed E-state index contributed by atoms with van der Waals surface area (Å²) in [6, 6.07) is 9.19. The van der Waals surface area contributed by atoms with Gasteiger partial charge in [-0.1, -0.05) is 36.8 Å². The van der Waals surface area contributed by atoms with Gasteiger partial charge in [0, 0.05) is 5.92 Å². The number of esters is 1. The molecule has 25 heavy (non-hydrogen) atoms. The average Bonchev–Trinajstić information content (AvgIpc) is 3.03. The van der Waals surface area contributed by atoms with Crippen LogP contribution in [0.4, 0.5) is 0 Å². The van der Waals surface area contributed by atoms with Gasteiger partial charge >= 0.3 is 5.97 Å². The van der Waals surface area contributed by atoms with Crippen LogP contribution in [0.3, 0.4) is 0 Å². The van der Waals surface area contributed by atoms with Crippen molar-refractivity contribution in [2.45, 2.75) is 51.7 Å². The molecular formula is C19H29ClN2O3. The molecular weight excluding hydrogens is 340 g/mol. The summed E-state index contributed by atoms with van der Waals surface area (Å²) in [5, 5.41) is 3.05. The van der Waals surface area contributed by atoms with Crippen LogP contribution < -0.4 is 11.1 Å². The second-order valence-electron chi connectivity index (χ2n) is 6.75. The minimum atomic E-state index is -0.371. The molecule has 6 heteroatoms. The van der Waals surface area contributed by atoms with Crippen molar-refractivity contribution in [3.8, 4) is 0 Å². The third-order valence-electron chi connectivity index (χ3n) is 4.55. The maximum Gasteiger partial charge on any atom is 0.308 e. The summed E-state index contributed by atoms with van der Waals surface area (Å²) >= 11 is 0. The minimum absolute atomic E-state index is 0. The molecule has 3 atom stereocenters. The van der Waals surface area contributed by atoms with Crippen molar-refractivity contribution >= 4 is 24.3 Å². The fraction of sp³-hybridized carbons (Fsp3) is 0.579. The van der Waals surface area contributed by atoms with Crippen LogP contribution in [0, 0.1) is 11.8 Å². The van der Waals surface area contributed by atoms with Gasteiger partial charge in [-0.05, 0) is 44.7 Å². The summed E-state index contributed by atoms with van der Waals surface area (Å²) in [5.41, 5.74) is 6.70. The second-order valence-corrected chi connectivity index (χ2v) is 6.75. The van der Waals surface area contributed by atoms with Gasteiger partial charge < -0.3 is 15.8 Å². The first-order valence-corrected chi connectivity index (χ1v) is 8.76. The Labute approximate surface area is 156 Å². The van der Waals surface area contributed by atoms with Gasteiger partial charge in [0.1, 0.15) is 0 Å². The number of halogens is 1.